The number of ether oxygens (including phenoxy) is 6. The predicted octanol–water partition coefficient (Wildman–Crippen LogP) is 6.78. The topological polar surface area (TPSA) is 190 Å². The molecule has 1 heterocycles. The van der Waals surface area contributed by atoms with E-state index < -0.39 is 125 Å². The van der Waals surface area contributed by atoms with Crippen molar-refractivity contribution in [2.24, 2.45) is 34.5 Å². The maximum Gasteiger partial charge on any atom is 0.338 e. The molecule has 1 aliphatic heterocycles. The average molecular weight is 930 g/mol. The van der Waals surface area contributed by atoms with Gasteiger partial charge in [0.25, 0.3) is 5.91 Å². The monoisotopic (exact) mass is 929 g/mol. The molecule has 4 fully saturated rings. The van der Waals surface area contributed by atoms with E-state index in [2.05, 4.69) is 5.32 Å². The normalized spacial score (nSPS) is 31.2. The van der Waals surface area contributed by atoms with Gasteiger partial charge in [-0.15, -0.1) is 0 Å². The molecule has 4 aromatic rings. The van der Waals surface area contributed by atoms with Crippen LogP contribution in [-0.2, 0) is 54.2 Å². The van der Waals surface area contributed by atoms with Crippen LogP contribution in [0.15, 0.2) is 121 Å². The van der Waals surface area contributed by atoms with Crippen LogP contribution in [0.25, 0.3) is 0 Å². The zero-order valence-electron chi connectivity index (χ0n) is 39.1. The van der Waals surface area contributed by atoms with Gasteiger partial charge in [-0.05, 0) is 47.7 Å². The van der Waals surface area contributed by atoms with Crippen LogP contribution >= 0.6 is 0 Å². The van der Waals surface area contributed by atoms with Gasteiger partial charge in [0, 0.05) is 41.6 Å². The van der Waals surface area contributed by atoms with Crippen LogP contribution in [0.4, 0.5) is 0 Å². The lowest BCUT2D eigenvalue weighted by Gasteiger charge is -2.68. The Morgan fingerprint density at radius 2 is 1.40 bits per heavy atom. The Balaban J connectivity index is 1.22. The number of amides is 1. The molecule has 14 heteroatoms. The van der Waals surface area contributed by atoms with Crippen molar-refractivity contribution in [1.29, 1.82) is 0 Å². The molecule has 0 radical (unpaired) electrons. The number of ketones is 2. The summed E-state index contributed by atoms with van der Waals surface area (Å²) in [4.78, 5) is 87.1. The van der Waals surface area contributed by atoms with Gasteiger partial charge in [-0.25, -0.2) is 9.59 Å². The maximum atomic E-state index is 15.3. The number of benzene rings is 4. The zero-order valence-corrected chi connectivity index (χ0v) is 39.1. The Kier molecular flexibility index (Phi) is 13.6. The van der Waals surface area contributed by atoms with E-state index in [1.165, 1.54) is 6.92 Å². The molecule has 3 aliphatic carbocycles. The van der Waals surface area contributed by atoms with Crippen LogP contribution in [0.5, 0.6) is 0 Å². The molecular formula is C54H59NO13. The summed E-state index contributed by atoms with van der Waals surface area (Å²) in [5.74, 6) is -8.66. The number of aliphatic hydroxyl groups is 1. The largest absolute Gasteiger partial charge is 0.460 e. The fraction of sp³-hybridized carbons (Fsp3) is 0.444. The third-order valence-electron chi connectivity index (χ3n) is 15.4. The lowest BCUT2D eigenvalue weighted by Crippen LogP contribution is -2.81. The Morgan fingerprint density at radius 1 is 0.809 bits per heavy atom. The van der Waals surface area contributed by atoms with E-state index in [9.17, 15) is 19.5 Å². The first kappa shape index (κ1) is 48.4. The molecule has 1 amide bonds. The van der Waals surface area contributed by atoms with Gasteiger partial charge in [-0.2, -0.15) is 0 Å². The third kappa shape index (κ3) is 8.56. The number of Topliss-reactive ketones (excluding diaryl/α,β-unsaturated/α-hetero) is 2. The first-order valence-electron chi connectivity index (χ1n) is 23.2. The van der Waals surface area contributed by atoms with Crippen LogP contribution in [0.1, 0.15) is 92.3 Å². The van der Waals surface area contributed by atoms with Gasteiger partial charge >= 0.3 is 17.9 Å². The van der Waals surface area contributed by atoms with Gasteiger partial charge in [0.2, 0.25) is 11.6 Å². The molecule has 0 aromatic heterocycles. The Morgan fingerprint density at radius 3 is 1.99 bits per heavy atom. The summed E-state index contributed by atoms with van der Waals surface area (Å²) in [6.07, 6.45) is -5.46. The second-order valence-corrected chi connectivity index (χ2v) is 19.6. The lowest BCUT2D eigenvalue weighted by molar-refractivity contribution is -0.344. The van der Waals surface area contributed by atoms with Gasteiger partial charge in [0.05, 0.1) is 30.7 Å². The molecule has 1 saturated heterocycles. The second kappa shape index (κ2) is 19.1. The second-order valence-electron chi connectivity index (χ2n) is 19.6. The first-order valence-corrected chi connectivity index (χ1v) is 23.2. The summed E-state index contributed by atoms with van der Waals surface area (Å²) in [6.45, 7) is 9.15. The molecule has 68 heavy (non-hydrogen) atoms. The summed E-state index contributed by atoms with van der Waals surface area (Å²) in [5, 5.41) is 16.8. The highest BCUT2D eigenvalue weighted by atomic mass is 16.7. The molecule has 4 aliphatic rings. The molecule has 12 atom stereocenters. The van der Waals surface area contributed by atoms with Crippen molar-refractivity contribution in [3.63, 3.8) is 0 Å². The minimum Gasteiger partial charge on any atom is -0.460 e. The van der Waals surface area contributed by atoms with Crippen molar-refractivity contribution in [2.45, 2.75) is 103 Å². The fourth-order valence-electron chi connectivity index (χ4n) is 11.5. The van der Waals surface area contributed by atoms with Crippen LogP contribution < -0.4 is 5.32 Å². The van der Waals surface area contributed by atoms with Gasteiger partial charge in [0.15, 0.2) is 11.7 Å². The van der Waals surface area contributed by atoms with Gasteiger partial charge in [0.1, 0.15) is 30.7 Å². The summed E-state index contributed by atoms with van der Waals surface area (Å²) < 4.78 is 37.4. The SMILES string of the molecule is CC(=O)OC12COC1CC(C)C1(C)C(=O)C(=O)C3C(C)C(OC(=O)C(OCOCc4ccccc4)C(NC(=O)c4ccccc4)c4ccccc4)CC(O)(C(OC(=O)c4ccccc4)C21)C3(C)C. The molecule has 2 bridgehead atoms. The number of hydrogen-bond acceptors (Lipinski definition) is 13. The number of carbonyl (C=O) groups excluding carboxylic acids is 6. The lowest BCUT2D eigenvalue weighted by atomic mass is 9.41. The zero-order chi connectivity index (χ0) is 48.6. The summed E-state index contributed by atoms with van der Waals surface area (Å²) in [6, 6.07) is 33.5. The van der Waals surface area contributed by atoms with E-state index in [1.807, 2.05) is 30.3 Å². The molecule has 0 spiro atoms. The highest BCUT2D eigenvalue weighted by Crippen LogP contribution is 2.65. The molecule has 4 aromatic carbocycles. The van der Waals surface area contributed by atoms with Crippen LogP contribution in [0, 0.1) is 34.5 Å². The van der Waals surface area contributed by atoms with Crippen LogP contribution in [-0.4, -0.2) is 89.5 Å². The number of rotatable bonds is 14. The molecule has 3 saturated carbocycles. The minimum absolute atomic E-state index is 0.136. The van der Waals surface area contributed by atoms with E-state index in [1.54, 1.807) is 126 Å². The van der Waals surface area contributed by atoms with E-state index in [4.69, 9.17) is 28.4 Å². The standard InChI is InChI=1S/C54H59NO13/c1-32-27-40-53(30-64-40,68-34(3)56)45-47(67-49(60)38-25-17-10-18-26-38)54(62)28-39(33(2)41(51(54,4)5)43(57)46(58)52(32,45)6)66-50(61)44(65-31-63-29-35-19-11-7-12-20-35)42(36-21-13-8-14-22-36)55-48(59)37-23-15-9-16-24-37/h7-26,32-33,39-42,44-45,47,62H,27-31H2,1-6H3,(H,55,59). The Labute approximate surface area is 396 Å². The molecule has 14 nitrogen and oxygen atoms in total. The van der Waals surface area contributed by atoms with Crippen molar-refractivity contribution in [1.82, 2.24) is 5.32 Å². The molecule has 358 valence electrons. The van der Waals surface area contributed by atoms with E-state index in [0.29, 0.717) is 11.1 Å². The van der Waals surface area contributed by atoms with Crippen molar-refractivity contribution >= 4 is 35.4 Å². The van der Waals surface area contributed by atoms with Crippen LogP contribution in [0.3, 0.4) is 0 Å². The quantitative estimate of drug-likeness (QED) is 0.0443. The molecule has 12 unspecified atom stereocenters. The van der Waals surface area contributed by atoms with E-state index >= 15 is 14.4 Å². The predicted molar refractivity (Wildman–Crippen MR) is 245 cm³/mol. The Hall–Kier alpha value is -6.06. The number of esters is 3. The van der Waals surface area contributed by atoms with E-state index in [-0.39, 0.29) is 25.2 Å². The summed E-state index contributed by atoms with van der Waals surface area (Å²) in [7, 11) is 0. The molecule has 2 N–H and O–H groups in total. The van der Waals surface area contributed by atoms with Crippen molar-refractivity contribution in [2.75, 3.05) is 13.4 Å². The van der Waals surface area contributed by atoms with Crippen molar-refractivity contribution in [3.05, 3.63) is 144 Å². The number of fused-ring (bicyclic) bond motifs is 5. The summed E-state index contributed by atoms with van der Waals surface area (Å²) >= 11 is 0. The maximum absolute atomic E-state index is 15.3. The smallest absolute Gasteiger partial charge is 0.338 e. The van der Waals surface area contributed by atoms with Gasteiger partial charge in [-0.3, -0.25) is 19.2 Å². The number of carbonyl (C=O) groups is 6. The number of hydrogen-bond donors (Lipinski definition) is 2. The van der Waals surface area contributed by atoms with Crippen molar-refractivity contribution in [3.8, 4) is 0 Å². The minimum atomic E-state index is -2.25. The van der Waals surface area contributed by atoms with E-state index in [0.717, 1.165) is 5.56 Å². The Bertz CT molecular complexity index is 2500. The van der Waals surface area contributed by atoms with Gasteiger partial charge in [-0.1, -0.05) is 132 Å². The third-order valence-corrected chi connectivity index (χ3v) is 15.4. The average Bonchev–Trinajstić information content (AvgIpc) is 3.33. The highest BCUT2D eigenvalue weighted by Gasteiger charge is 2.78. The fourth-order valence-corrected chi connectivity index (χ4v) is 11.5. The number of nitrogens with one attached hydrogen (secondary N) is 1. The molecular weight excluding hydrogens is 871 g/mol. The highest BCUT2D eigenvalue weighted by molar-refractivity contribution is 6.40. The molecule has 8 rings (SSSR count). The van der Waals surface area contributed by atoms with Crippen LogP contribution in [0.2, 0.25) is 0 Å². The summed E-state index contributed by atoms with van der Waals surface area (Å²) in [5.41, 5.74) is -5.22. The van der Waals surface area contributed by atoms with Crippen molar-refractivity contribution < 1.29 is 62.3 Å². The first-order chi connectivity index (χ1) is 32.4. The van der Waals surface area contributed by atoms with Gasteiger partial charge < -0.3 is 38.8 Å².